The molecule has 2 fully saturated rings. The molecule has 5 rings (SSSR count). The van der Waals surface area contributed by atoms with E-state index in [-0.39, 0.29) is 17.7 Å². The van der Waals surface area contributed by atoms with E-state index < -0.39 is 0 Å². The molecule has 0 N–H and O–H groups in total. The molecule has 2 aliphatic rings. The number of carbonyl (C=O) groups excluding carboxylic acids is 1. The molecule has 2 aliphatic heterocycles. The Morgan fingerprint density at radius 1 is 1.00 bits per heavy atom. The van der Waals surface area contributed by atoms with Crippen molar-refractivity contribution in [1.82, 2.24) is 19.9 Å². The first kappa shape index (κ1) is 18.1. The van der Waals surface area contributed by atoms with Crippen LogP contribution < -0.4 is 4.90 Å². The van der Waals surface area contributed by atoms with Crippen LogP contribution in [0.3, 0.4) is 0 Å². The van der Waals surface area contributed by atoms with Gasteiger partial charge in [-0.3, -0.25) is 4.79 Å². The number of piperidine rings is 2. The lowest BCUT2D eigenvalue weighted by atomic mass is 9.93. The Hall–Kier alpha value is -2.96. The first-order chi connectivity index (χ1) is 14.3. The Kier molecular flexibility index (Phi) is 4.87. The first-order valence-corrected chi connectivity index (χ1v) is 10.4. The van der Waals surface area contributed by atoms with Gasteiger partial charge in [0.05, 0.1) is 5.92 Å². The molecule has 0 aliphatic carbocycles. The van der Waals surface area contributed by atoms with Gasteiger partial charge in [0.15, 0.2) is 11.5 Å². The van der Waals surface area contributed by atoms with E-state index in [4.69, 9.17) is 4.42 Å². The van der Waals surface area contributed by atoms with Gasteiger partial charge in [0.25, 0.3) is 0 Å². The first-order valence-electron chi connectivity index (χ1n) is 10.4. The number of oxazole rings is 1. The Morgan fingerprint density at radius 2 is 1.79 bits per heavy atom. The van der Waals surface area contributed by atoms with Crippen LogP contribution in [0.5, 0.6) is 0 Å². The zero-order valence-corrected chi connectivity index (χ0v) is 16.4. The van der Waals surface area contributed by atoms with E-state index in [1.165, 1.54) is 0 Å². The van der Waals surface area contributed by atoms with Gasteiger partial charge in [-0.05, 0) is 43.9 Å². The van der Waals surface area contributed by atoms with E-state index in [0.717, 1.165) is 68.3 Å². The maximum atomic E-state index is 13.1. The molecule has 0 saturated carbocycles. The lowest BCUT2D eigenvalue weighted by molar-refractivity contribution is -0.137. The van der Waals surface area contributed by atoms with Gasteiger partial charge in [-0.2, -0.15) is 0 Å². The van der Waals surface area contributed by atoms with Crippen molar-refractivity contribution >= 4 is 23.0 Å². The molecule has 7 nitrogen and oxygen atoms in total. The number of para-hydroxylation sites is 2. The number of rotatable bonds is 3. The summed E-state index contributed by atoms with van der Waals surface area (Å²) >= 11 is 0. The summed E-state index contributed by atoms with van der Waals surface area (Å²) in [7, 11) is 0. The summed E-state index contributed by atoms with van der Waals surface area (Å²) in [6.45, 7) is 3.14. The van der Waals surface area contributed by atoms with Crippen molar-refractivity contribution in [2.24, 2.45) is 5.92 Å². The predicted molar refractivity (Wildman–Crippen MR) is 110 cm³/mol. The van der Waals surface area contributed by atoms with E-state index in [1.807, 2.05) is 35.2 Å². The van der Waals surface area contributed by atoms with Gasteiger partial charge < -0.3 is 14.2 Å². The molecule has 29 heavy (non-hydrogen) atoms. The highest BCUT2D eigenvalue weighted by Gasteiger charge is 2.33. The standard InChI is InChI=1S/C22H25N5O2/c28-21(17-5-3-12-27(15-17)22-23-10-4-11-24-22)26-13-8-16(9-14-26)20-25-18-6-1-2-7-19(18)29-20/h1-2,4,6-7,10-11,16-17H,3,5,8-9,12-15H2. The summed E-state index contributed by atoms with van der Waals surface area (Å²) < 4.78 is 5.95. The molecule has 1 atom stereocenters. The van der Waals surface area contributed by atoms with Crippen molar-refractivity contribution in [2.45, 2.75) is 31.6 Å². The fourth-order valence-electron chi connectivity index (χ4n) is 4.48. The summed E-state index contributed by atoms with van der Waals surface area (Å²) in [6, 6.07) is 9.69. The zero-order valence-electron chi connectivity index (χ0n) is 16.4. The quantitative estimate of drug-likeness (QED) is 0.682. The van der Waals surface area contributed by atoms with Gasteiger partial charge in [-0.15, -0.1) is 0 Å². The van der Waals surface area contributed by atoms with Crippen molar-refractivity contribution in [2.75, 3.05) is 31.1 Å². The average Bonchev–Trinajstić information content (AvgIpc) is 3.24. The maximum absolute atomic E-state index is 13.1. The van der Waals surface area contributed by atoms with Crippen molar-refractivity contribution in [1.29, 1.82) is 0 Å². The van der Waals surface area contributed by atoms with Crippen LogP contribution in [-0.4, -0.2) is 51.9 Å². The molecule has 2 saturated heterocycles. The molecule has 3 aromatic rings. The highest BCUT2D eigenvalue weighted by Crippen LogP contribution is 2.31. The summed E-state index contributed by atoms with van der Waals surface area (Å²) in [6.07, 6.45) is 7.24. The second kappa shape index (κ2) is 7.81. The van der Waals surface area contributed by atoms with E-state index in [1.54, 1.807) is 12.4 Å². The minimum absolute atomic E-state index is 0.0217. The number of aromatic nitrogens is 3. The van der Waals surface area contributed by atoms with Crippen molar-refractivity contribution in [3.63, 3.8) is 0 Å². The molecular weight excluding hydrogens is 366 g/mol. The Morgan fingerprint density at radius 3 is 2.59 bits per heavy atom. The van der Waals surface area contributed by atoms with Crippen LogP contribution >= 0.6 is 0 Å². The fourth-order valence-corrected chi connectivity index (χ4v) is 4.48. The molecule has 1 amide bonds. The number of carbonyl (C=O) groups is 1. The molecule has 4 heterocycles. The lowest BCUT2D eigenvalue weighted by Crippen LogP contribution is -2.47. The maximum Gasteiger partial charge on any atom is 0.227 e. The van der Waals surface area contributed by atoms with Crippen molar-refractivity contribution in [3.8, 4) is 0 Å². The molecule has 7 heteroatoms. The number of likely N-dealkylation sites (tertiary alicyclic amines) is 1. The molecular formula is C22H25N5O2. The Balaban J connectivity index is 1.20. The van der Waals surface area contributed by atoms with E-state index >= 15 is 0 Å². The van der Waals surface area contributed by atoms with Gasteiger partial charge in [0.2, 0.25) is 11.9 Å². The molecule has 0 spiro atoms. The van der Waals surface area contributed by atoms with Crippen LogP contribution in [0, 0.1) is 5.92 Å². The van der Waals surface area contributed by atoms with Crippen LogP contribution in [0.2, 0.25) is 0 Å². The van der Waals surface area contributed by atoms with E-state index in [0.29, 0.717) is 6.54 Å². The topological polar surface area (TPSA) is 75.4 Å². The SMILES string of the molecule is O=C(C1CCCN(c2ncccn2)C1)N1CCC(c2nc3ccccc3o2)CC1. The molecule has 1 unspecified atom stereocenters. The third-order valence-electron chi connectivity index (χ3n) is 6.07. The molecule has 0 radical (unpaired) electrons. The van der Waals surface area contributed by atoms with Gasteiger partial charge >= 0.3 is 0 Å². The third-order valence-corrected chi connectivity index (χ3v) is 6.07. The van der Waals surface area contributed by atoms with Crippen LogP contribution in [0.25, 0.3) is 11.1 Å². The summed E-state index contributed by atoms with van der Waals surface area (Å²) in [5.41, 5.74) is 1.75. The van der Waals surface area contributed by atoms with E-state index in [9.17, 15) is 4.79 Å². The smallest absolute Gasteiger partial charge is 0.227 e. The monoisotopic (exact) mass is 391 g/mol. The van der Waals surface area contributed by atoms with Crippen molar-refractivity contribution < 1.29 is 9.21 Å². The number of amides is 1. The average molecular weight is 391 g/mol. The highest BCUT2D eigenvalue weighted by molar-refractivity contribution is 5.80. The van der Waals surface area contributed by atoms with Crippen LogP contribution in [0.15, 0.2) is 47.1 Å². The second-order valence-corrected chi connectivity index (χ2v) is 7.95. The van der Waals surface area contributed by atoms with Gasteiger partial charge in [-0.1, -0.05) is 12.1 Å². The minimum Gasteiger partial charge on any atom is -0.440 e. The van der Waals surface area contributed by atoms with Crippen LogP contribution in [-0.2, 0) is 4.79 Å². The predicted octanol–water partition coefficient (Wildman–Crippen LogP) is 3.24. The number of fused-ring (bicyclic) bond motifs is 1. The van der Waals surface area contributed by atoms with E-state index in [2.05, 4.69) is 19.9 Å². The molecule has 0 bridgehead atoms. The number of anilines is 1. The normalized spacial score (nSPS) is 20.9. The third kappa shape index (κ3) is 3.69. The van der Waals surface area contributed by atoms with Gasteiger partial charge in [0, 0.05) is 44.5 Å². The number of hydrogen-bond donors (Lipinski definition) is 0. The largest absolute Gasteiger partial charge is 0.440 e. The van der Waals surface area contributed by atoms with Crippen molar-refractivity contribution in [3.05, 3.63) is 48.6 Å². The van der Waals surface area contributed by atoms with Crippen LogP contribution in [0.1, 0.15) is 37.5 Å². The minimum atomic E-state index is 0.0217. The van der Waals surface area contributed by atoms with Crippen LogP contribution in [0.4, 0.5) is 5.95 Å². The fraction of sp³-hybridized carbons (Fsp3) is 0.455. The number of benzene rings is 1. The lowest BCUT2D eigenvalue weighted by Gasteiger charge is -2.37. The number of hydrogen-bond acceptors (Lipinski definition) is 6. The highest BCUT2D eigenvalue weighted by atomic mass is 16.3. The summed E-state index contributed by atoms with van der Waals surface area (Å²) in [4.78, 5) is 30.6. The molecule has 1 aromatic carbocycles. The van der Waals surface area contributed by atoms with Gasteiger partial charge in [-0.25, -0.2) is 15.0 Å². The van der Waals surface area contributed by atoms with Gasteiger partial charge in [0.1, 0.15) is 5.52 Å². The molecule has 2 aromatic heterocycles. The second-order valence-electron chi connectivity index (χ2n) is 7.95. The molecule has 150 valence electrons. The summed E-state index contributed by atoms with van der Waals surface area (Å²) in [5, 5.41) is 0. The number of nitrogens with zero attached hydrogens (tertiary/aromatic N) is 5. The Bertz CT molecular complexity index is 948. The summed E-state index contributed by atoms with van der Waals surface area (Å²) in [5.74, 6) is 2.10. The Labute approximate surface area is 169 Å². The zero-order chi connectivity index (χ0) is 19.6.